The number of rotatable bonds is 17. The van der Waals surface area contributed by atoms with Gasteiger partial charge >= 0.3 is 0 Å². The Hall–Kier alpha value is 0.960. The van der Waals surface area contributed by atoms with Gasteiger partial charge in [-0.3, -0.25) is 0 Å². The third kappa shape index (κ3) is 19.0. The largest absolute Gasteiger partial charge is 0.0894 e. The van der Waals surface area contributed by atoms with Crippen molar-refractivity contribution in [3.8, 4) is 0 Å². The van der Waals surface area contributed by atoms with Crippen molar-refractivity contribution in [1.29, 1.82) is 0 Å². The van der Waals surface area contributed by atoms with Crippen molar-refractivity contribution < 1.29 is 0 Å². The normalized spacial score (nSPS) is 14.2. The quantitative estimate of drug-likeness (QED) is 0.157. The third-order valence-electron chi connectivity index (χ3n) is 4.49. The molecule has 0 bridgehead atoms. The van der Waals surface area contributed by atoms with Gasteiger partial charge in [0, 0.05) is 9.65 Å². The Morgan fingerprint density at radius 2 is 0.909 bits per heavy atom. The highest BCUT2D eigenvalue weighted by molar-refractivity contribution is 9.09. The van der Waals surface area contributed by atoms with E-state index in [-0.39, 0.29) is 0 Å². The van der Waals surface area contributed by atoms with Crippen LogP contribution in [-0.2, 0) is 0 Å². The highest BCUT2D eigenvalue weighted by Gasteiger charge is 2.04. The third-order valence-corrected chi connectivity index (χ3v) is 5.86. The molecule has 0 aromatic heterocycles. The summed E-state index contributed by atoms with van der Waals surface area (Å²) < 4.78 is 0. The molecule has 2 unspecified atom stereocenters. The summed E-state index contributed by atoms with van der Waals surface area (Å²) in [5.41, 5.74) is 0. The highest BCUT2D eigenvalue weighted by Crippen LogP contribution is 2.20. The fraction of sp³-hybridized carbons (Fsp3) is 1.00. The van der Waals surface area contributed by atoms with E-state index < -0.39 is 0 Å². The van der Waals surface area contributed by atoms with Gasteiger partial charge in [0.25, 0.3) is 0 Å². The summed E-state index contributed by atoms with van der Waals surface area (Å²) in [5, 5.41) is 0. The van der Waals surface area contributed by atoms with Crippen LogP contribution in [0.5, 0.6) is 0 Å². The first-order valence-electron chi connectivity index (χ1n) is 9.95. The fourth-order valence-electron chi connectivity index (χ4n) is 2.97. The maximum atomic E-state index is 3.86. The van der Waals surface area contributed by atoms with E-state index in [0.717, 1.165) is 4.83 Å². The Morgan fingerprint density at radius 1 is 0.545 bits per heavy atom. The van der Waals surface area contributed by atoms with Crippen LogP contribution in [0, 0.1) is 0 Å². The van der Waals surface area contributed by atoms with Gasteiger partial charge in [-0.25, -0.2) is 0 Å². The zero-order valence-corrected chi connectivity index (χ0v) is 18.4. The van der Waals surface area contributed by atoms with E-state index in [1.165, 1.54) is 103 Å². The van der Waals surface area contributed by atoms with E-state index in [0.29, 0.717) is 4.83 Å². The molecule has 0 aliphatic heterocycles. The molecule has 22 heavy (non-hydrogen) atoms. The monoisotopic (exact) mass is 438 g/mol. The topological polar surface area (TPSA) is 0 Å². The molecule has 0 aliphatic carbocycles. The van der Waals surface area contributed by atoms with Gasteiger partial charge in [0.1, 0.15) is 0 Å². The average molecular weight is 440 g/mol. The Kier molecular flexibility index (Phi) is 19.1. The Bertz CT molecular complexity index is 204. The van der Waals surface area contributed by atoms with E-state index in [4.69, 9.17) is 0 Å². The zero-order chi connectivity index (χ0) is 16.5. The lowest BCUT2D eigenvalue weighted by Gasteiger charge is -2.10. The van der Waals surface area contributed by atoms with Crippen LogP contribution >= 0.6 is 31.9 Å². The summed E-state index contributed by atoms with van der Waals surface area (Å²) in [7, 11) is 0. The number of alkyl halides is 2. The predicted octanol–water partition coefficient (Wildman–Crippen LogP) is 8.79. The van der Waals surface area contributed by atoms with Crippen LogP contribution in [0.25, 0.3) is 0 Å². The minimum Gasteiger partial charge on any atom is -0.0894 e. The standard InChI is InChI=1S/C20H40Br2/c1-3-4-5-6-7-8-9-10-11-12-13-17-20(22)18-15-14-16-19(2)21/h19-20H,3-18H2,1-2H3. The summed E-state index contributed by atoms with van der Waals surface area (Å²) in [6.45, 7) is 4.54. The summed E-state index contributed by atoms with van der Waals surface area (Å²) in [5.74, 6) is 0. The van der Waals surface area contributed by atoms with Crippen LogP contribution in [0.2, 0.25) is 0 Å². The van der Waals surface area contributed by atoms with Crippen molar-refractivity contribution in [2.24, 2.45) is 0 Å². The molecule has 0 amide bonds. The van der Waals surface area contributed by atoms with Gasteiger partial charge in [-0.15, -0.1) is 0 Å². The van der Waals surface area contributed by atoms with E-state index in [1.54, 1.807) is 0 Å². The molecule has 0 aliphatic rings. The van der Waals surface area contributed by atoms with Gasteiger partial charge < -0.3 is 0 Å². The Labute approximate surface area is 157 Å². The average Bonchev–Trinajstić information content (AvgIpc) is 2.49. The van der Waals surface area contributed by atoms with Gasteiger partial charge in [0.15, 0.2) is 0 Å². The lowest BCUT2D eigenvalue weighted by Crippen LogP contribution is -1.99. The number of hydrogen-bond donors (Lipinski definition) is 0. The second kappa shape index (κ2) is 18.3. The van der Waals surface area contributed by atoms with Crippen LogP contribution in [0.15, 0.2) is 0 Å². The molecule has 0 nitrogen and oxygen atoms in total. The summed E-state index contributed by atoms with van der Waals surface area (Å²) in [6.07, 6.45) is 22.7. The van der Waals surface area contributed by atoms with E-state index in [9.17, 15) is 0 Å². The van der Waals surface area contributed by atoms with Crippen LogP contribution in [-0.4, -0.2) is 9.65 Å². The minimum atomic E-state index is 0.688. The molecule has 0 saturated carbocycles. The van der Waals surface area contributed by atoms with Gasteiger partial charge in [-0.2, -0.15) is 0 Å². The SMILES string of the molecule is CCCCCCCCCCCCCC(Br)CCCCC(C)Br. The van der Waals surface area contributed by atoms with Crippen molar-refractivity contribution in [1.82, 2.24) is 0 Å². The van der Waals surface area contributed by atoms with Crippen molar-refractivity contribution in [3.05, 3.63) is 0 Å². The molecule has 0 heterocycles. The molecule has 0 rings (SSSR count). The first kappa shape index (κ1) is 23.0. The fourth-order valence-corrected chi connectivity index (χ4v) is 3.94. The van der Waals surface area contributed by atoms with Crippen LogP contribution in [0.1, 0.15) is 117 Å². The molecule has 0 aromatic carbocycles. The van der Waals surface area contributed by atoms with Crippen LogP contribution in [0.4, 0.5) is 0 Å². The molecule has 134 valence electrons. The van der Waals surface area contributed by atoms with Crippen molar-refractivity contribution in [2.75, 3.05) is 0 Å². The summed E-state index contributed by atoms with van der Waals surface area (Å²) in [6, 6.07) is 0. The Morgan fingerprint density at radius 3 is 1.36 bits per heavy atom. The molecule has 0 fully saturated rings. The smallest absolute Gasteiger partial charge is 0.0145 e. The number of halogens is 2. The number of unbranched alkanes of at least 4 members (excludes halogenated alkanes) is 11. The van der Waals surface area contributed by atoms with Crippen molar-refractivity contribution in [2.45, 2.75) is 126 Å². The molecular formula is C20H40Br2. The highest BCUT2D eigenvalue weighted by atomic mass is 79.9. The predicted molar refractivity (Wildman–Crippen MR) is 111 cm³/mol. The van der Waals surface area contributed by atoms with E-state index in [2.05, 4.69) is 45.7 Å². The maximum Gasteiger partial charge on any atom is 0.0145 e. The second-order valence-corrected chi connectivity index (χ2v) is 9.84. The van der Waals surface area contributed by atoms with Gasteiger partial charge in [-0.05, 0) is 19.3 Å². The van der Waals surface area contributed by atoms with Gasteiger partial charge in [0.05, 0.1) is 0 Å². The van der Waals surface area contributed by atoms with E-state index in [1.807, 2.05) is 0 Å². The number of hydrogen-bond acceptors (Lipinski definition) is 0. The van der Waals surface area contributed by atoms with Crippen LogP contribution in [0.3, 0.4) is 0 Å². The first-order valence-corrected chi connectivity index (χ1v) is 11.8. The molecule has 0 radical (unpaired) electrons. The molecule has 0 saturated heterocycles. The van der Waals surface area contributed by atoms with Gasteiger partial charge in [0.2, 0.25) is 0 Å². The zero-order valence-electron chi connectivity index (χ0n) is 15.2. The first-order chi connectivity index (χ1) is 10.7. The molecule has 2 heteroatoms. The van der Waals surface area contributed by atoms with Crippen molar-refractivity contribution >= 4 is 31.9 Å². The Balaban J connectivity index is 3.12. The maximum absolute atomic E-state index is 3.86. The summed E-state index contributed by atoms with van der Waals surface area (Å²) >= 11 is 7.48. The molecule has 2 atom stereocenters. The molecule has 0 N–H and O–H groups in total. The minimum absolute atomic E-state index is 0.688. The molecule has 0 spiro atoms. The summed E-state index contributed by atoms with van der Waals surface area (Å²) in [4.78, 5) is 1.45. The molecular weight excluding hydrogens is 400 g/mol. The van der Waals surface area contributed by atoms with Crippen LogP contribution < -0.4 is 0 Å². The lowest BCUT2D eigenvalue weighted by atomic mass is 10.0. The second-order valence-electron chi connectivity index (χ2n) is 6.99. The van der Waals surface area contributed by atoms with E-state index >= 15 is 0 Å². The van der Waals surface area contributed by atoms with Crippen molar-refractivity contribution in [3.63, 3.8) is 0 Å². The lowest BCUT2D eigenvalue weighted by molar-refractivity contribution is 0.533. The van der Waals surface area contributed by atoms with Gasteiger partial charge in [-0.1, -0.05) is 129 Å². The molecule has 0 aromatic rings.